The first-order valence-electron chi connectivity index (χ1n) is 4.23. The van der Waals surface area contributed by atoms with Gasteiger partial charge in [-0.25, -0.2) is 0 Å². The van der Waals surface area contributed by atoms with Crippen molar-refractivity contribution in [1.82, 2.24) is 0 Å². The number of hydrogen-bond donors (Lipinski definition) is 0. The second-order valence-corrected chi connectivity index (χ2v) is 3.53. The van der Waals surface area contributed by atoms with Gasteiger partial charge in [-0.2, -0.15) is 0 Å². The van der Waals surface area contributed by atoms with Gasteiger partial charge in [0.05, 0.1) is 5.02 Å². The Balaban J connectivity index is 2.99. The molecule has 0 fully saturated rings. The molecule has 1 nitrogen and oxygen atoms in total. The van der Waals surface area contributed by atoms with E-state index in [4.69, 9.17) is 34.4 Å². The molecule has 0 N–H and O–H groups in total. The highest BCUT2D eigenvalue weighted by molar-refractivity contribution is 6.36. The standard InChI is InChI=1S/C11H10Cl2O/c1-3-5-14-11-6-8(4-2)9(12)7-10(11)13/h1,6-7H,4-5H2,2H3. The summed E-state index contributed by atoms with van der Waals surface area (Å²) in [6.07, 6.45) is 5.92. The Hall–Kier alpha value is -0.840. The molecule has 0 spiro atoms. The number of ether oxygens (including phenoxy) is 1. The second-order valence-electron chi connectivity index (χ2n) is 2.72. The maximum Gasteiger partial charge on any atom is 0.148 e. The van der Waals surface area contributed by atoms with Crippen LogP contribution in [0.4, 0.5) is 0 Å². The van der Waals surface area contributed by atoms with Crippen molar-refractivity contribution >= 4 is 23.2 Å². The summed E-state index contributed by atoms with van der Waals surface area (Å²) >= 11 is 11.9. The minimum atomic E-state index is 0.213. The molecule has 0 aliphatic carbocycles. The van der Waals surface area contributed by atoms with Crippen molar-refractivity contribution < 1.29 is 4.74 Å². The van der Waals surface area contributed by atoms with Crippen LogP contribution in [0.1, 0.15) is 12.5 Å². The highest BCUT2D eigenvalue weighted by Crippen LogP contribution is 2.31. The number of rotatable bonds is 3. The van der Waals surface area contributed by atoms with E-state index in [2.05, 4.69) is 5.92 Å². The predicted molar refractivity (Wildman–Crippen MR) is 60.2 cm³/mol. The van der Waals surface area contributed by atoms with Gasteiger partial charge in [-0.3, -0.25) is 0 Å². The highest BCUT2D eigenvalue weighted by atomic mass is 35.5. The summed E-state index contributed by atoms with van der Waals surface area (Å²) < 4.78 is 5.26. The number of terminal acetylenes is 1. The van der Waals surface area contributed by atoms with Crippen LogP contribution in [0.2, 0.25) is 10.0 Å². The van der Waals surface area contributed by atoms with Crippen molar-refractivity contribution in [3.8, 4) is 18.1 Å². The molecule has 1 rings (SSSR count). The molecule has 14 heavy (non-hydrogen) atoms. The van der Waals surface area contributed by atoms with Gasteiger partial charge in [-0.15, -0.1) is 6.42 Å². The lowest BCUT2D eigenvalue weighted by molar-refractivity contribution is 0.370. The Kier molecular flexibility index (Phi) is 4.13. The van der Waals surface area contributed by atoms with Gasteiger partial charge in [-0.1, -0.05) is 36.0 Å². The zero-order valence-electron chi connectivity index (χ0n) is 7.81. The first-order valence-corrected chi connectivity index (χ1v) is 4.98. The lowest BCUT2D eigenvalue weighted by Gasteiger charge is -2.08. The molecule has 0 radical (unpaired) electrons. The summed E-state index contributed by atoms with van der Waals surface area (Å²) in [5.74, 6) is 2.97. The van der Waals surface area contributed by atoms with E-state index in [0.717, 1.165) is 12.0 Å². The van der Waals surface area contributed by atoms with E-state index >= 15 is 0 Å². The second kappa shape index (κ2) is 5.14. The van der Waals surface area contributed by atoms with Crippen molar-refractivity contribution in [1.29, 1.82) is 0 Å². The fraction of sp³-hybridized carbons (Fsp3) is 0.273. The maximum atomic E-state index is 5.96. The van der Waals surface area contributed by atoms with Gasteiger partial charge >= 0.3 is 0 Å². The fourth-order valence-electron chi connectivity index (χ4n) is 1.07. The molecule has 74 valence electrons. The normalized spacial score (nSPS) is 9.57. The van der Waals surface area contributed by atoms with Gasteiger partial charge in [0, 0.05) is 5.02 Å². The largest absolute Gasteiger partial charge is 0.479 e. The highest BCUT2D eigenvalue weighted by Gasteiger charge is 2.06. The quantitative estimate of drug-likeness (QED) is 0.720. The topological polar surface area (TPSA) is 9.23 Å². The number of aryl methyl sites for hydroxylation is 1. The minimum Gasteiger partial charge on any atom is -0.479 e. The van der Waals surface area contributed by atoms with Crippen molar-refractivity contribution in [3.05, 3.63) is 27.7 Å². The predicted octanol–water partition coefficient (Wildman–Crippen LogP) is 3.57. The van der Waals surface area contributed by atoms with Crippen LogP contribution in [0.25, 0.3) is 0 Å². The third-order valence-corrected chi connectivity index (χ3v) is 2.44. The first-order chi connectivity index (χ1) is 6.69. The van der Waals surface area contributed by atoms with Crippen molar-refractivity contribution in [2.24, 2.45) is 0 Å². The Morgan fingerprint density at radius 2 is 2.07 bits per heavy atom. The van der Waals surface area contributed by atoms with E-state index in [1.165, 1.54) is 0 Å². The van der Waals surface area contributed by atoms with E-state index < -0.39 is 0 Å². The fourth-order valence-corrected chi connectivity index (χ4v) is 1.64. The number of halogens is 2. The minimum absolute atomic E-state index is 0.213. The molecule has 0 aromatic heterocycles. The SMILES string of the molecule is C#CCOc1cc(CC)c(Cl)cc1Cl. The van der Waals surface area contributed by atoms with Crippen molar-refractivity contribution in [2.45, 2.75) is 13.3 Å². The average Bonchev–Trinajstić information content (AvgIpc) is 2.17. The van der Waals surface area contributed by atoms with Crippen molar-refractivity contribution in [3.63, 3.8) is 0 Å². The Bertz CT molecular complexity index is 366. The Morgan fingerprint density at radius 3 is 2.64 bits per heavy atom. The van der Waals surface area contributed by atoms with Crippen LogP contribution in [0.15, 0.2) is 12.1 Å². The molecule has 0 bridgehead atoms. The smallest absolute Gasteiger partial charge is 0.148 e. The lowest BCUT2D eigenvalue weighted by Crippen LogP contribution is -1.95. The molecule has 0 saturated carbocycles. The average molecular weight is 229 g/mol. The molecule has 1 aromatic carbocycles. The number of hydrogen-bond acceptors (Lipinski definition) is 1. The monoisotopic (exact) mass is 228 g/mol. The number of benzene rings is 1. The first kappa shape index (κ1) is 11.2. The Labute approximate surface area is 94.0 Å². The molecule has 3 heteroatoms. The summed E-state index contributed by atoms with van der Waals surface area (Å²) in [6.45, 7) is 2.23. The molecule has 0 atom stereocenters. The van der Waals surface area contributed by atoms with E-state index in [0.29, 0.717) is 15.8 Å². The van der Waals surface area contributed by atoms with Crippen LogP contribution in [0, 0.1) is 12.3 Å². The zero-order valence-corrected chi connectivity index (χ0v) is 9.32. The van der Waals surface area contributed by atoms with Gasteiger partial charge < -0.3 is 4.74 Å². The van der Waals surface area contributed by atoms with E-state index in [1.807, 2.05) is 13.0 Å². The third-order valence-electron chi connectivity index (χ3n) is 1.79. The zero-order chi connectivity index (χ0) is 10.6. The van der Waals surface area contributed by atoms with Gasteiger partial charge in [-0.05, 0) is 24.1 Å². The van der Waals surface area contributed by atoms with Crippen LogP contribution in [0.5, 0.6) is 5.75 Å². The molecule has 0 aliphatic heterocycles. The lowest BCUT2D eigenvalue weighted by atomic mass is 10.1. The van der Waals surface area contributed by atoms with Gasteiger partial charge in [0.25, 0.3) is 0 Å². The summed E-state index contributed by atoms with van der Waals surface area (Å²) in [5, 5.41) is 1.15. The molecular weight excluding hydrogens is 219 g/mol. The summed E-state index contributed by atoms with van der Waals surface area (Å²) in [6, 6.07) is 3.50. The van der Waals surface area contributed by atoms with Gasteiger partial charge in [0.2, 0.25) is 0 Å². The summed E-state index contributed by atoms with van der Waals surface area (Å²) in [7, 11) is 0. The van der Waals surface area contributed by atoms with Gasteiger partial charge in [0.15, 0.2) is 0 Å². The summed E-state index contributed by atoms with van der Waals surface area (Å²) in [5.41, 5.74) is 1.00. The summed E-state index contributed by atoms with van der Waals surface area (Å²) in [4.78, 5) is 0. The van der Waals surface area contributed by atoms with Crippen LogP contribution in [-0.2, 0) is 6.42 Å². The maximum absolute atomic E-state index is 5.96. The molecule has 0 unspecified atom stereocenters. The third kappa shape index (κ3) is 2.57. The van der Waals surface area contributed by atoms with E-state index in [9.17, 15) is 0 Å². The van der Waals surface area contributed by atoms with E-state index in [1.54, 1.807) is 6.07 Å². The molecule has 1 aromatic rings. The van der Waals surface area contributed by atoms with Crippen LogP contribution < -0.4 is 4.74 Å². The molecule has 0 aliphatic rings. The van der Waals surface area contributed by atoms with E-state index in [-0.39, 0.29) is 6.61 Å². The van der Waals surface area contributed by atoms with Crippen molar-refractivity contribution in [2.75, 3.05) is 6.61 Å². The molecule has 0 saturated heterocycles. The Morgan fingerprint density at radius 1 is 1.36 bits per heavy atom. The van der Waals surface area contributed by atoms with Crippen LogP contribution in [-0.4, -0.2) is 6.61 Å². The van der Waals surface area contributed by atoms with Gasteiger partial charge in [0.1, 0.15) is 12.4 Å². The molecular formula is C11H10Cl2O. The van der Waals surface area contributed by atoms with Crippen LogP contribution in [0.3, 0.4) is 0 Å². The molecule has 0 amide bonds. The molecule has 0 heterocycles. The van der Waals surface area contributed by atoms with Crippen LogP contribution >= 0.6 is 23.2 Å².